The van der Waals surface area contributed by atoms with Crippen molar-refractivity contribution in [1.82, 2.24) is 0 Å². The lowest BCUT2D eigenvalue weighted by atomic mass is 9.99. The predicted molar refractivity (Wildman–Crippen MR) is 50.9 cm³/mol. The van der Waals surface area contributed by atoms with Crippen molar-refractivity contribution in [2.75, 3.05) is 0 Å². The quantitative estimate of drug-likeness (QED) is 0.646. The van der Waals surface area contributed by atoms with Gasteiger partial charge in [0, 0.05) is 11.1 Å². The molecule has 1 aromatic carbocycles. The monoisotopic (exact) mass is 175 g/mol. The molecular weight excluding hydrogens is 164 g/mol. The second kappa shape index (κ2) is 3.52. The molecule has 0 fully saturated rings. The highest BCUT2D eigenvalue weighted by molar-refractivity contribution is 6.07. The molecule has 0 spiro atoms. The lowest BCUT2D eigenvalue weighted by molar-refractivity contribution is 0.0981. The minimum Gasteiger partial charge on any atom is -0.294 e. The molecule has 0 heterocycles. The third-order valence-corrected chi connectivity index (χ3v) is 1.84. The molecule has 0 unspecified atom stereocenters. The van der Waals surface area contributed by atoms with Crippen LogP contribution in [0.3, 0.4) is 0 Å². The Bertz CT molecular complexity index is 364. The SMILES string of the molecule is [CH2]c1ccc(C(C)=O)c(C(C)=O)c1. The van der Waals surface area contributed by atoms with Gasteiger partial charge in [0.2, 0.25) is 0 Å². The molecule has 0 N–H and O–H groups in total. The zero-order valence-electron chi connectivity index (χ0n) is 7.76. The van der Waals surface area contributed by atoms with Crippen LogP contribution in [0.1, 0.15) is 40.1 Å². The number of ketones is 2. The first-order chi connectivity index (χ1) is 6.02. The summed E-state index contributed by atoms with van der Waals surface area (Å²) < 4.78 is 0. The van der Waals surface area contributed by atoms with Gasteiger partial charge in [-0.15, -0.1) is 0 Å². The maximum Gasteiger partial charge on any atom is 0.160 e. The first kappa shape index (κ1) is 9.65. The summed E-state index contributed by atoms with van der Waals surface area (Å²) in [7, 11) is 0. The molecule has 0 saturated heterocycles. The van der Waals surface area contributed by atoms with E-state index in [2.05, 4.69) is 6.92 Å². The number of Topliss-reactive ketones (excluding diaryl/α,β-unsaturated/α-hetero) is 2. The van der Waals surface area contributed by atoms with Crippen molar-refractivity contribution in [1.29, 1.82) is 0 Å². The van der Waals surface area contributed by atoms with Crippen LogP contribution in [0.25, 0.3) is 0 Å². The molecule has 0 atom stereocenters. The van der Waals surface area contributed by atoms with E-state index < -0.39 is 0 Å². The van der Waals surface area contributed by atoms with Crippen LogP contribution in [0.2, 0.25) is 0 Å². The summed E-state index contributed by atoms with van der Waals surface area (Å²) in [6.45, 7) is 6.60. The summed E-state index contributed by atoms with van der Waals surface area (Å²) in [5.41, 5.74) is 1.68. The van der Waals surface area contributed by atoms with Crippen molar-refractivity contribution in [2.45, 2.75) is 13.8 Å². The Labute approximate surface area is 77.6 Å². The Hall–Kier alpha value is -1.44. The van der Waals surface area contributed by atoms with Crippen molar-refractivity contribution in [2.24, 2.45) is 0 Å². The summed E-state index contributed by atoms with van der Waals surface area (Å²) in [6, 6.07) is 5.00. The average molecular weight is 175 g/mol. The first-order valence-electron chi connectivity index (χ1n) is 4.00. The van der Waals surface area contributed by atoms with Gasteiger partial charge in [0.25, 0.3) is 0 Å². The number of carbonyl (C=O) groups excluding carboxylic acids is 2. The van der Waals surface area contributed by atoms with E-state index >= 15 is 0 Å². The molecule has 1 rings (SSSR count). The second-order valence-corrected chi connectivity index (χ2v) is 2.99. The molecule has 1 aromatic rings. The van der Waals surface area contributed by atoms with Crippen molar-refractivity contribution in [3.63, 3.8) is 0 Å². The normalized spacial score (nSPS) is 9.77. The smallest absolute Gasteiger partial charge is 0.160 e. The van der Waals surface area contributed by atoms with Crippen LogP contribution in [0.15, 0.2) is 18.2 Å². The molecule has 0 aliphatic rings. The van der Waals surface area contributed by atoms with E-state index in [1.165, 1.54) is 13.8 Å². The van der Waals surface area contributed by atoms with Crippen LogP contribution in [0, 0.1) is 6.92 Å². The highest BCUT2D eigenvalue weighted by Crippen LogP contribution is 2.12. The lowest BCUT2D eigenvalue weighted by Crippen LogP contribution is -2.04. The Morgan fingerprint density at radius 2 is 1.62 bits per heavy atom. The Morgan fingerprint density at radius 1 is 1.08 bits per heavy atom. The fraction of sp³-hybridized carbons (Fsp3) is 0.182. The molecule has 13 heavy (non-hydrogen) atoms. The van der Waals surface area contributed by atoms with Gasteiger partial charge in [0.05, 0.1) is 0 Å². The van der Waals surface area contributed by atoms with Crippen molar-refractivity contribution in [3.8, 4) is 0 Å². The molecular formula is C11H11O2. The van der Waals surface area contributed by atoms with Crippen molar-refractivity contribution in [3.05, 3.63) is 41.8 Å². The van der Waals surface area contributed by atoms with Gasteiger partial charge >= 0.3 is 0 Å². The van der Waals surface area contributed by atoms with Gasteiger partial charge in [-0.25, -0.2) is 0 Å². The van der Waals surface area contributed by atoms with E-state index in [-0.39, 0.29) is 11.6 Å². The number of hydrogen-bond acceptors (Lipinski definition) is 2. The zero-order valence-corrected chi connectivity index (χ0v) is 7.76. The average Bonchev–Trinajstić information content (AvgIpc) is 2.03. The number of rotatable bonds is 2. The van der Waals surface area contributed by atoms with Gasteiger partial charge in [-0.3, -0.25) is 9.59 Å². The molecule has 0 bridgehead atoms. The van der Waals surface area contributed by atoms with Gasteiger partial charge in [0.15, 0.2) is 11.6 Å². The van der Waals surface area contributed by atoms with Crippen LogP contribution in [-0.4, -0.2) is 11.6 Å². The molecule has 0 aliphatic heterocycles. The third kappa shape index (κ3) is 2.02. The fourth-order valence-corrected chi connectivity index (χ4v) is 1.19. The van der Waals surface area contributed by atoms with Crippen LogP contribution in [0.5, 0.6) is 0 Å². The molecule has 1 radical (unpaired) electrons. The predicted octanol–water partition coefficient (Wildman–Crippen LogP) is 2.27. The number of benzene rings is 1. The number of carbonyl (C=O) groups is 2. The van der Waals surface area contributed by atoms with Gasteiger partial charge in [-0.1, -0.05) is 12.1 Å². The fourth-order valence-electron chi connectivity index (χ4n) is 1.19. The Morgan fingerprint density at radius 3 is 2.08 bits per heavy atom. The molecule has 0 saturated carbocycles. The maximum absolute atomic E-state index is 11.1. The minimum absolute atomic E-state index is 0.0924. The summed E-state index contributed by atoms with van der Waals surface area (Å²) in [4.78, 5) is 22.3. The minimum atomic E-state index is -0.101. The van der Waals surface area contributed by atoms with Crippen LogP contribution >= 0.6 is 0 Å². The van der Waals surface area contributed by atoms with Gasteiger partial charge in [0.1, 0.15) is 0 Å². The Balaban J connectivity index is 3.35. The van der Waals surface area contributed by atoms with Crippen molar-refractivity contribution >= 4 is 11.6 Å². The van der Waals surface area contributed by atoms with Crippen LogP contribution in [-0.2, 0) is 0 Å². The van der Waals surface area contributed by atoms with E-state index in [0.29, 0.717) is 11.1 Å². The highest BCUT2D eigenvalue weighted by atomic mass is 16.1. The maximum atomic E-state index is 11.1. The second-order valence-electron chi connectivity index (χ2n) is 2.99. The van der Waals surface area contributed by atoms with E-state index in [1.807, 2.05) is 0 Å². The van der Waals surface area contributed by atoms with E-state index in [1.54, 1.807) is 18.2 Å². The third-order valence-electron chi connectivity index (χ3n) is 1.84. The summed E-state index contributed by atoms with van der Waals surface area (Å²) in [5.74, 6) is -0.194. The van der Waals surface area contributed by atoms with E-state index in [9.17, 15) is 9.59 Å². The van der Waals surface area contributed by atoms with E-state index in [0.717, 1.165) is 5.56 Å². The summed E-state index contributed by atoms with van der Waals surface area (Å²) in [6.07, 6.45) is 0. The topological polar surface area (TPSA) is 34.1 Å². The first-order valence-corrected chi connectivity index (χ1v) is 4.00. The zero-order chi connectivity index (χ0) is 10.0. The van der Waals surface area contributed by atoms with E-state index in [4.69, 9.17) is 0 Å². The summed E-state index contributed by atoms with van der Waals surface area (Å²) in [5, 5.41) is 0. The lowest BCUT2D eigenvalue weighted by Gasteiger charge is -2.03. The molecule has 2 nitrogen and oxygen atoms in total. The largest absolute Gasteiger partial charge is 0.294 e. The van der Waals surface area contributed by atoms with Crippen LogP contribution in [0.4, 0.5) is 0 Å². The van der Waals surface area contributed by atoms with Gasteiger partial charge in [-0.05, 0) is 32.4 Å². The Kier molecular flexibility index (Phi) is 2.61. The van der Waals surface area contributed by atoms with Crippen molar-refractivity contribution < 1.29 is 9.59 Å². The van der Waals surface area contributed by atoms with Crippen LogP contribution < -0.4 is 0 Å². The molecule has 0 amide bonds. The van der Waals surface area contributed by atoms with Gasteiger partial charge in [-0.2, -0.15) is 0 Å². The number of hydrogen-bond donors (Lipinski definition) is 0. The highest BCUT2D eigenvalue weighted by Gasteiger charge is 2.10. The molecule has 0 aliphatic carbocycles. The molecule has 67 valence electrons. The molecule has 0 aromatic heterocycles. The van der Waals surface area contributed by atoms with Gasteiger partial charge < -0.3 is 0 Å². The molecule has 2 heteroatoms. The standard InChI is InChI=1S/C11H11O2/c1-7-4-5-10(8(2)12)11(6-7)9(3)13/h4-6H,1H2,2-3H3. The summed E-state index contributed by atoms with van der Waals surface area (Å²) >= 11 is 0.